The molecule has 1 heterocycles. The second-order valence-electron chi connectivity index (χ2n) is 2.99. The van der Waals surface area contributed by atoms with Crippen LogP contribution in [0.15, 0.2) is 5.16 Å². The van der Waals surface area contributed by atoms with Gasteiger partial charge in [-0.2, -0.15) is 0 Å². The molecule has 0 spiro atoms. The molecule has 0 aliphatic carbocycles. The van der Waals surface area contributed by atoms with Gasteiger partial charge >= 0.3 is 0 Å². The van der Waals surface area contributed by atoms with E-state index < -0.39 is 0 Å². The lowest BCUT2D eigenvalue weighted by Gasteiger charge is -2.02. The molecule has 1 aromatic rings. The zero-order chi connectivity index (χ0) is 11.1. The maximum atomic E-state index is 10.9. The van der Waals surface area contributed by atoms with Gasteiger partial charge in [0.1, 0.15) is 0 Å². The summed E-state index contributed by atoms with van der Waals surface area (Å²) in [7, 11) is 1.81. The molecule has 0 aliphatic rings. The smallest absolute Gasteiger partial charge is 0.219 e. The average Bonchev–Trinajstić information content (AvgIpc) is 2.63. The number of hydrogen-bond donors (Lipinski definition) is 1. The third kappa shape index (κ3) is 4.28. The molecule has 0 unspecified atom stereocenters. The second-order valence-corrected chi connectivity index (χ2v) is 4.05. The molecule has 7 heteroatoms. The van der Waals surface area contributed by atoms with Crippen LogP contribution in [0.3, 0.4) is 0 Å². The molecule has 0 atom stereocenters. The summed E-state index contributed by atoms with van der Waals surface area (Å²) in [6.45, 7) is 2.56. The number of carbonyl (C=O) groups excluding carboxylic acids is 1. The summed E-state index contributed by atoms with van der Waals surface area (Å²) < 4.78 is 1.63. The van der Waals surface area contributed by atoms with E-state index in [0.717, 1.165) is 17.3 Å². The quantitative estimate of drug-likeness (QED) is 0.558. The number of aromatic nitrogens is 4. The first-order valence-corrected chi connectivity index (χ1v) is 5.84. The lowest BCUT2D eigenvalue weighted by molar-refractivity contribution is -0.120. The highest BCUT2D eigenvalue weighted by Gasteiger charge is 2.02. The first kappa shape index (κ1) is 12.0. The molecule has 84 valence electrons. The molecule has 0 saturated heterocycles. The fourth-order valence-electron chi connectivity index (χ4n) is 0.932. The van der Waals surface area contributed by atoms with Crippen LogP contribution >= 0.6 is 11.8 Å². The van der Waals surface area contributed by atoms with Crippen molar-refractivity contribution in [3.63, 3.8) is 0 Å². The molecule has 1 aromatic heterocycles. The van der Waals surface area contributed by atoms with Crippen LogP contribution in [0.5, 0.6) is 0 Å². The zero-order valence-electron chi connectivity index (χ0n) is 8.93. The van der Waals surface area contributed by atoms with Crippen molar-refractivity contribution in [3.8, 4) is 0 Å². The van der Waals surface area contributed by atoms with Crippen molar-refractivity contribution in [1.82, 2.24) is 25.5 Å². The summed E-state index contributed by atoms with van der Waals surface area (Å²) >= 11 is 1.59. The number of tetrazole rings is 1. The Balaban J connectivity index is 2.07. The Morgan fingerprint density at radius 2 is 2.40 bits per heavy atom. The summed E-state index contributed by atoms with van der Waals surface area (Å²) in [5.41, 5.74) is 0. The van der Waals surface area contributed by atoms with Crippen molar-refractivity contribution in [1.29, 1.82) is 0 Å². The van der Waals surface area contributed by atoms with Gasteiger partial charge in [0.15, 0.2) is 0 Å². The van der Waals surface area contributed by atoms with E-state index in [9.17, 15) is 4.79 Å². The minimum Gasteiger partial charge on any atom is -0.356 e. The van der Waals surface area contributed by atoms with Crippen molar-refractivity contribution < 1.29 is 4.79 Å². The Morgan fingerprint density at radius 1 is 1.60 bits per heavy atom. The first-order chi connectivity index (χ1) is 7.24. The Morgan fingerprint density at radius 3 is 3.00 bits per heavy atom. The number of nitrogens with zero attached hydrogens (tertiary/aromatic N) is 4. The molecular formula is C8H15N5OS. The van der Waals surface area contributed by atoms with Crippen LogP contribution in [-0.4, -0.2) is 38.4 Å². The van der Waals surface area contributed by atoms with Gasteiger partial charge in [0.05, 0.1) is 0 Å². The van der Waals surface area contributed by atoms with Crippen molar-refractivity contribution >= 4 is 17.7 Å². The van der Waals surface area contributed by atoms with E-state index in [2.05, 4.69) is 20.8 Å². The number of hydrogen-bond acceptors (Lipinski definition) is 5. The SMILES string of the molecule is CCC(=O)NCCCSc1nnnn1C. The molecule has 1 amide bonds. The number of amides is 1. The molecule has 0 aliphatic heterocycles. The Kier molecular flexibility index (Phi) is 5.09. The predicted octanol–water partition coefficient (Wildman–Crippen LogP) is 0.218. The standard InChI is InChI=1S/C8H15N5OS/c1-3-7(14)9-5-4-6-15-8-10-11-12-13(8)2/h3-6H2,1-2H3,(H,9,14). The Bertz CT molecular complexity index is 314. The van der Waals surface area contributed by atoms with E-state index in [-0.39, 0.29) is 5.91 Å². The van der Waals surface area contributed by atoms with Gasteiger partial charge in [-0.25, -0.2) is 4.68 Å². The summed E-state index contributed by atoms with van der Waals surface area (Å²) in [5.74, 6) is 0.999. The maximum absolute atomic E-state index is 10.9. The minimum absolute atomic E-state index is 0.0975. The van der Waals surface area contributed by atoms with E-state index in [1.54, 1.807) is 23.5 Å². The molecular weight excluding hydrogens is 214 g/mol. The predicted molar refractivity (Wildman–Crippen MR) is 57.4 cm³/mol. The summed E-state index contributed by atoms with van der Waals surface area (Å²) in [5, 5.41) is 14.7. The van der Waals surface area contributed by atoms with Gasteiger partial charge in [-0.3, -0.25) is 4.79 Å². The van der Waals surface area contributed by atoms with E-state index >= 15 is 0 Å². The molecule has 6 nitrogen and oxygen atoms in total. The lowest BCUT2D eigenvalue weighted by atomic mass is 10.4. The number of carbonyl (C=O) groups is 1. The van der Waals surface area contributed by atoms with Gasteiger partial charge < -0.3 is 5.32 Å². The van der Waals surface area contributed by atoms with E-state index in [1.807, 2.05) is 6.92 Å². The number of rotatable bonds is 6. The van der Waals surface area contributed by atoms with Crippen LogP contribution in [0, 0.1) is 0 Å². The van der Waals surface area contributed by atoms with Crippen molar-refractivity contribution in [2.45, 2.75) is 24.9 Å². The fourth-order valence-corrected chi connectivity index (χ4v) is 1.72. The molecule has 0 fully saturated rings. The normalized spacial score (nSPS) is 10.3. The van der Waals surface area contributed by atoms with Gasteiger partial charge in [-0.1, -0.05) is 18.7 Å². The van der Waals surface area contributed by atoms with Gasteiger partial charge in [-0.15, -0.1) is 5.10 Å². The number of thioether (sulfide) groups is 1. The largest absolute Gasteiger partial charge is 0.356 e. The van der Waals surface area contributed by atoms with E-state index in [1.165, 1.54) is 0 Å². The molecule has 0 aromatic carbocycles. The summed E-state index contributed by atoms with van der Waals surface area (Å²) in [6.07, 6.45) is 1.46. The maximum Gasteiger partial charge on any atom is 0.219 e. The Hall–Kier alpha value is -1.11. The van der Waals surface area contributed by atoms with Gasteiger partial charge in [0.25, 0.3) is 0 Å². The van der Waals surface area contributed by atoms with Crippen LogP contribution in [0.2, 0.25) is 0 Å². The monoisotopic (exact) mass is 229 g/mol. The third-order valence-electron chi connectivity index (χ3n) is 1.78. The van der Waals surface area contributed by atoms with Crippen molar-refractivity contribution in [2.24, 2.45) is 7.05 Å². The van der Waals surface area contributed by atoms with Crippen molar-refractivity contribution in [2.75, 3.05) is 12.3 Å². The number of aryl methyl sites for hydroxylation is 1. The lowest BCUT2D eigenvalue weighted by Crippen LogP contribution is -2.23. The van der Waals surface area contributed by atoms with E-state index in [0.29, 0.717) is 13.0 Å². The highest BCUT2D eigenvalue weighted by Crippen LogP contribution is 2.12. The fraction of sp³-hybridized carbons (Fsp3) is 0.750. The van der Waals surface area contributed by atoms with Crippen LogP contribution in [0.1, 0.15) is 19.8 Å². The van der Waals surface area contributed by atoms with Crippen LogP contribution in [0.4, 0.5) is 0 Å². The van der Waals surface area contributed by atoms with Gasteiger partial charge in [0, 0.05) is 25.8 Å². The highest BCUT2D eigenvalue weighted by molar-refractivity contribution is 7.99. The molecule has 0 saturated carbocycles. The minimum atomic E-state index is 0.0975. The summed E-state index contributed by atoms with van der Waals surface area (Å²) in [6, 6.07) is 0. The molecule has 0 radical (unpaired) electrons. The van der Waals surface area contributed by atoms with Gasteiger partial charge in [-0.05, 0) is 16.8 Å². The van der Waals surface area contributed by atoms with Crippen LogP contribution in [-0.2, 0) is 11.8 Å². The highest BCUT2D eigenvalue weighted by atomic mass is 32.2. The molecule has 1 rings (SSSR count). The molecule has 0 bridgehead atoms. The topological polar surface area (TPSA) is 72.7 Å². The van der Waals surface area contributed by atoms with Crippen LogP contribution < -0.4 is 5.32 Å². The first-order valence-electron chi connectivity index (χ1n) is 4.86. The summed E-state index contributed by atoms with van der Waals surface area (Å²) in [4.78, 5) is 10.9. The van der Waals surface area contributed by atoms with Gasteiger partial charge in [0.2, 0.25) is 11.1 Å². The third-order valence-corrected chi connectivity index (χ3v) is 2.87. The van der Waals surface area contributed by atoms with E-state index in [4.69, 9.17) is 0 Å². The van der Waals surface area contributed by atoms with Crippen LogP contribution in [0.25, 0.3) is 0 Å². The average molecular weight is 229 g/mol. The number of nitrogens with one attached hydrogen (secondary N) is 1. The zero-order valence-corrected chi connectivity index (χ0v) is 9.75. The Labute approximate surface area is 92.8 Å². The second kappa shape index (κ2) is 6.39. The van der Waals surface area contributed by atoms with Crippen molar-refractivity contribution in [3.05, 3.63) is 0 Å². The molecule has 1 N–H and O–H groups in total. The molecule has 15 heavy (non-hydrogen) atoms.